The molecule has 0 heterocycles. The van der Waals surface area contributed by atoms with E-state index in [1.54, 1.807) is 44.5 Å². The highest BCUT2D eigenvalue weighted by molar-refractivity contribution is 6.30. The standard InChI is InChI=1S/C20H24ClN3O3/c1-14(15-5-4-6-16(21)11-15)22-19(25)12-24(2)13-20(26)23-17-7-9-18(27-3)10-8-17/h4-11,14H,12-13H2,1-3H3,(H,22,25)(H,23,26)/p+1/t14-/m0/s1. The molecule has 3 N–H and O–H groups in total. The fraction of sp³-hybridized carbons (Fsp3) is 0.300. The van der Waals surface area contributed by atoms with Crippen LogP contribution in [0.4, 0.5) is 5.69 Å². The van der Waals surface area contributed by atoms with Gasteiger partial charge in [0.15, 0.2) is 13.1 Å². The Morgan fingerprint density at radius 2 is 1.78 bits per heavy atom. The number of nitrogens with one attached hydrogen (secondary N) is 3. The molecule has 0 bridgehead atoms. The maximum atomic E-state index is 12.2. The van der Waals surface area contributed by atoms with Gasteiger partial charge in [-0.3, -0.25) is 9.59 Å². The number of rotatable bonds is 8. The van der Waals surface area contributed by atoms with Gasteiger partial charge in [-0.15, -0.1) is 0 Å². The summed E-state index contributed by atoms with van der Waals surface area (Å²) < 4.78 is 5.08. The lowest BCUT2D eigenvalue weighted by molar-refractivity contribution is -0.862. The number of hydrogen-bond acceptors (Lipinski definition) is 3. The van der Waals surface area contributed by atoms with Crippen LogP contribution in [0.1, 0.15) is 18.5 Å². The molecule has 1 unspecified atom stereocenters. The van der Waals surface area contributed by atoms with Crippen molar-refractivity contribution in [2.45, 2.75) is 13.0 Å². The van der Waals surface area contributed by atoms with Crippen molar-refractivity contribution >= 4 is 29.1 Å². The van der Waals surface area contributed by atoms with Crippen molar-refractivity contribution in [3.05, 3.63) is 59.1 Å². The molecule has 0 saturated heterocycles. The van der Waals surface area contributed by atoms with Gasteiger partial charge in [-0.1, -0.05) is 23.7 Å². The maximum Gasteiger partial charge on any atom is 0.279 e. The molecule has 0 spiro atoms. The molecule has 7 heteroatoms. The first-order valence-corrected chi connectivity index (χ1v) is 9.05. The van der Waals surface area contributed by atoms with Gasteiger partial charge in [0.25, 0.3) is 11.8 Å². The van der Waals surface area contributed by atoms with Gasteiger partial charge in [0.05, 0.1) is 20.2 Å². The summed E-state index contributed by atoms with van der Waals surface area (Å²) in [5.74, 6) is 0.437. The van der Waals surface area contributed by atoms with Crippen LogP contribution >= 0.6 is 11.6 Å². The summed E-state index contributed by atoms with van der Waals surface area (Å²) in [7, 11) is 3.39. The molecule has 27 heavy (non-hydrogen) atoms. The third-order valence-electron chi connectivity index (χ3n) is 4.02. The van der Waals surface area contributed by atoms with Crippen molar-refractivity contribution in [3.63, 3.8) is 0 Å². The maximum absolute atomic E-state index is 12.2. The van der Waals surface area contributed by atoms with Gasteiger partial charge in [0, 0.05) is 10.7 Å². The van der Waals surface area contributed by atoms with Crippen LogP contribution in [-0.4, -0.2) is 39.1 Å². The molecule has 0 saturated carbocycles. The smallest absolute Gasteiger partial charge is 0.279 e. The lowest BCUT2D eigenvalue weighted by Gasteiger charge is -2.17. The van der Waals surface area contributed by atoms with E-state index in [1.165, 1.54) is 0 Å². The minimum Gasteiger partial charge on any atom is -0.497 e. The molecule has 144 valence electrons. The number of ether oxygens (including phenoxy) is 1. The Bertz CT molecular complexity index is 780. The monoisotopic (exact) mass is 390 g/mol. The predicted octanol–water partition coefficient (Wildman–Crippen LogP) is 1.68. The number of likely N-dealkylation sites (N-methyl/N-ethyl adjacent to an activating group) is 1. The molecule has 2 rings (SSSR count). The lowest BCUT2D eigenvalue weighted by Crippen LogP contribution is -3.11. The van der Waals surface area contributed by atoms with Gasteiger partial charge < -0.3 is 20.3 Å². The van der Waals surface area contributed by atoms with Gasteiger partial charge in [-0.25, -0.2) is 0 Å². The normalized spacial score (nSPS) is 12.7. The van der Waals surface area contributed by atoms with Crippen LogP contribution in [0.2, 0.25) is 5.02 Å². The van der Waals surface area contributed by atoms with E-state index in [1.807, 2.05) is 25.1 Å². The Morgan fingerprint density at radius 1 is 1.11 bits per heavy atom. The minimum atomic E-state index is -0.159. The number of quaternary nitrogens is 1. The van der Waals surface area contributed by atoms with Crippen LogP contribution in [0.25, 0.3) is 0 Å². The number of carbonyl (C=O) groups is 2. The van der Waals surface area contributed by atoms with Crippen LogP contribution in [0.3, 0.4) is 0 Å². The topological polar surface area (TPSA) is 71.9 Å². The molecule has 0 aliphatic carbocycles. The first-order chi connectivity index (χ1) is 12.9. The molecule has 0 aliphatic rings. The summed E-state index contributed by atoms with van der Waals surface area (Å²) in [5, 5.41) is 6.37. The van der Waals surface area contributed by atoms with Crippen LogP contribution < -0.4 is 20.3 Å². The second-order valence-corrected chi connectivity index (χ2v) is 6.87. The third kappa shape index (κ3) is 6.92. The van der Waals surface area contributed by atoms with E-state index in [0.29, 0.717) is 10.7 Å². The number of halogens is 1. The molecular formula is C20H25ClN3O3+. The zero-order valence-corrected chi connectivity index (χ0v) is 16.5. The van der Waals surface area contributed by atoms with Crippen LogP contribution in [0.15, 0.2) is 48.5 Å². The highest BCUT2D eigenvalue weighted by Crippen LogP contribution is 2.17. The van der Waals surface area contributed by atoms with Gasteiger partial charge in [0.1, 0.15) is 5.75 Å². The Kier molecular flexibility index (Phi) is 7.64. The van der Waals surface area contributed by atoms with Crippen molar-refractivity contribution < 1.29 is 19.2 Å². The largest absolute Gasteiger partial charge is 0.497 e. The van der Waals surface area contributed by atoms with Gasteiger partial charge in [0.2, 0.25) is 0 Å². The molecule has 2 aromatic rings. The van der Waals surface area contributed by atoms with E-state index in [2.05, 4.69) is 10.6 Å². The van der Waals surface area contributed by atoms with Crippen LogP contribution in [-0.2, 0) is 9.59 Å². The Labute approximate surface area is 164 Å². The molecule has 2 aromatic carbocycles. The van der Waals surface area contributed by atoms with E-state index < -0.39 is 0 Å². The summed E-state index contributed by atoms with van der Waals surface area (Å²) in [5.41, 5.74) is 1.62. The highest BCUT2D eigenvalue weighted by Gasteiger charge is 2.16. The fourth-order valence-corrected chi connectivity index (χ4v) is 2.84. The highest BCUT2D eigenvalue weighted by atomic mass is 35.5. The van der Waals surface area contributed by atoms with E-state index in [9.17, 15) is 9.59 Å². The van der Waals surface area contributed by atoms with Crippen molar-refractivity contribution in [2.24, 2.45) is 0 Å². The van der Waals surface area contributed by atoms with E-state index in [0.717, 1.165) is 16.2 Å². The first-order valence-electron chi connectivity index (χ1n) is 8.67. The number of anilines is 1. The molecule has 6 nitrogen and oxygen atoms in total. The van der Waals surface area contributed by atoms with Crippen LogP contribution in [0, 0.1) is 0 Å². The first kappa shape index (κ1) is 20.7. The molecule has 0 aliphatic heterocycles. The number of benzene rings is 2. The van der Waals surface area contributed by atoms with Gasteiger partial charge in [-0.05, 0) is 48.9 Å². The summed E-state index contributed by atoms with van der Waals surface area (Å²) in [4.78, 5) is 25.1. The Morgan fingerprint density at radius 3 is 2.41 bits per heavy atom. The SMILES string of the molecule is COc1ccc(NC(=O)C[NH+](C)CC(=O)N[C@@H](C)c2cccc(Cl)c2)cc1. The number of hydrogen-bond donors (Lipinski definition) is 3. The van der Waals surface area contributed by atoms with E-state index in [4.69, 9.17) is 16.3 Å². The second kappa shape index (κ2) is 9.94. The Balaban J connectivity index is 1.78. The van der Waals surface area contributed by atoms with Gasteiger partial charge >= 0.3 is 0 Å². The fourth-order valence-electron chi connectivity index (χ4n) is 2.64. The van der Waals surface area contributed by atoms with Crippen molar-refractivity contribution in [3.8, 4) is 5.75 Å². The third-order valence-corrected chi connectivity index (χ3v) is 4.26. The minimum absolute atomic E-state index is 0.128. The van der Waals surface area contributed by atoms with Gasteiger partial charge in [-0.2, -0.15) is 0 Å². The molecule has 0 fully saturated rings. The molecular weight excluding hydrogens is 366 g/mol. The molecule has 2 amide bonds. The number of methoxy groups -OCH3 is 1. The average molecular weight is 391 g/mol. The zero-order valence-electron chi connectivity index (χ0n) is 15.7. The van der Waals surface area contributed by atoms with Crippen LogP contribution in [0.5, 0.6) is 5.75 Å². The predicted molar refractivity (Wildman–Crippen MR) is 106 cm³/mol. The summed E-state index contributed by atoms with van der Waals surface area (Å²) in [6.45, 7) is 2.28. The second-order valence-electron chi connectivity index (χ2n) is 6.43. The summed E-state index contributed by atoms with van der Waals surface area (Å²) in [6.07, 6.45) is 0. The molecule has 0 aromatic heterocycles. The van der Waals surface area contributed by atoms with Crippen molar-refractivity contribution in [1.82, 2.24) is 5.32 Å². The van der Waals surface area contributed by atoms with E-state index in [-0.39, 0.29) is 30.9 Å². The average Bonchev–Trinajstić information content (AvgIpc) is 2.61. The van der Waals surface area contributed by atoms with E-state index >= 15 is 0 Å². The summed E-state index contributed by atoms with van der Waals surface area (Å²) >= 11 is 5.98. The molecule has 0 radical (unpaired) electrons. The quantitative estimate of drug-likeness (QED) is 0.642. The van der Waals surface area contributed by atoms with Crippen molar-refractivity contribution in [2.75, 3.05) is 32.6 Å². The van der Waals surface area contributed by atoms with Crippen molar-refractivity contribution in [1.29, 1.82) is 0 Å². The molecule has 2 atom stereocenters. The number of amides is 2. The number of carbonyl (C=O) groups excluding carboxylic acids is 2. The zero-order chi connectivity index (χ0) is 19.8. The Hall–Kier alpha value is -2.57. The lowest BCUT2D eigenvalue weighted by atomic mass is 10.1. The summed E-state index contributed by atoms with van der Waals surface area (Å²) in [6, 6.07) is 14.3.